The molecule has 3 heteroatoms. The molecule has 1 aliphatic carbocycles. The summed E-state index contributed by atoms with van der Waals surface area (Å²) in [6.45, 7) is 1.54. The number of hydrogen-bond acceptors (Lipinski definition) is 1. The highest BCUT2D eigenvalue weighted by Gasteiger charge is 2.16. The molecule has 0 radical (unpaired) electrons. The van der Waals surface area contributed by atoms with Gasteiger partial charge in [0.2, 0.25) is 0 Å². The zero-order chi connectivity index (χ0) is 11.4. The van der Waals surface area contributed by atoms with Gasteiger partial charge >= 0.3 is 0 Å². The summed E-state index contributed by atoms with van der Waals surface area (Å²) in [5.74, 6) is 0.720. The Morgan fingerprint density at radius 2 is 2.19 bits per heavy atom. The molecule has 0 aromatic heterocycles. The normalized spacial score (nSPS) is 16.1. The molecule has 0 bridgehead atoms. The van der Waals surface area contributed by atoms with Crippen LogP contribution in [0.3, 0.4) is 0 Å². The van der Waals surface area contributed by atoms with Gasteiger partial charge in [-0.05, 0) is 37.1 Å². The molecule has 0 spiro atoms. The van der Waals surface area contributed by atoms with Crippen molar-refractivity contribution in [1.29, 1.82) is 0 Å². The van der Waals surface area contributed by atoms with Crippen LogP contribution in [0.1, 0.15) is 31.2 Å². The molecular formula is C13H17ClFN. The fourth-order valence-corrected chi connectivity index (χ4v) is 2.18. The van der Waals surface area contributed by atoms with Gasteiger partial charge in [0.05, 0.1) is 0 Å². The van der Waals surface area contributed by atoms with Gasteiger partial charge in [-0.2, -0.15) is 0 Å². The fourth-order valence-electron chi connectivity index (χ4n) is 1.99. The van der Waals surface area contributed by atoms with E-state index in [1.165, 1.54) is 31.7 Å². The van der Waals surface area contributed by atoms with Gasteiger partial charge in [0.25, 0.3) is 0 Å². The predicted octanol–water partition coefficient (Wildman–Crippen LogP) is 3.76. The maximum atomic E-state index is 13.3. The van der Waals surface area contributed by atoms with Crippen LogP contribution in [0.15, 0.2) is 18.2 Å². The van der Waals surface area contributed by atoms with Gasteiger partial charge in [-0.15, -0.1) is 0 Å². The van der Waals surface area contributed by atoms with Crippen LogP contribution in [-0.4, -0.2) is 6.54 Å². The Balaban J connectivity index is 1.73. The number of rotatable bonds is 5. The first-order valence-electron chi connectivity index (χ1n) is 5.90. The summed E-state index contributed by atoms with van der Waals surface area (Å²) in [5, 5.41) is 3.86. The zero-order valence-corrected chi connectivity index (χ0v) is 10.1. The average Bonchev–Trinajstić information content (AvgIpc) is 2.20. The standard InChI is InChI=1S/C13H17ClFN/c14-12-4-5-13(15)11(8-12)9-16-7-6-10-2-1-3-10/h4-5,8,10,16H,1-3,6-7,9H2. The van der Waals surface area contributed by atoms with E-state index in [-0.39, 0.29) is 5.82 Å². The zero-order valence-electron chi connectivity index (χ0n) is 9.31. The van der Waals surface area contributed by atoms with Gasteiger partial charge in [-0.25, -0.2) is 4.39 Å². The molecule has 1 saturated carbocycles. The topological polar surface area (TPSA) is 12.0 Å². The monoisotopic (exact) mass is 241 g/mol. The maximum absolute atomic E-state index is 13.3. The van der Waals surface area contributed by atoms with Crippen molar-refractivity contribution in [2.45, 2.75) is 32.2 Å². The third kappa shape index (κ3) is 3.19. The van der Waals surface area contributed by atoms with Crippen LogP contribution in [0.2, 0.25) is 5.02 Å². The minimum atomic E-state index is -0.180. The molecule has 16 heavy (non-hydrogen) atoms. The number of halogens is 2. The number of benzene rings is 1. The van der Waals surface area contributed by atoms with Crippen LogP contribution in [0.4, 0.5) is 4.39 Å². The van der Waals surface area contributed by atoms with Crippen molar-refractivity contribution < 1.29 is 4.39 Å². The predicted molar refractivity (Wildman–Crippen MR) is 65.1 cm³/mol. The minimum Gasteiger partial charge on any atom is -0.313 e. The Kier molecular flexibility index (Phi) is 4.19. The molecule has 1 N–H and O–H groups in total. The molecule has 1 fully saturated rings. The van der Waals surface area contributed by atoms with Crippen molar-refractivity contribution in [2.75, 3.05) is 6.54 Å². The third-order valence-electron chi connectivity index (χ3n) is 3.28. The van der Waals surface area contributed by atoms with Gasteiger partial charge < -0.3 is 5.32 Å². The van der Waals surface area contributed by atoms with Crippen LogP contribution in [0.25, 0.3) is 0 Å². The van der Waals surface area contributed by atoms with Gasteiger partial charge in [-0.3, -0.25) is 0 Å². The lowest BCUT2D eigenvalue weighted by Crippen LogP contribution is -2.21. The van der Waals surface area contributed by atoms with E-state index >= 15 is 0 Å². The molecule has 2 rings (SSSR count). The first kappa shape index (κ1) is 11.9. The minimum absolute atomic E-state index is 0.180. The molecule has 0 unspecified atom stereocenters. The highest BCUT2D eigenvalue weighted by Crippen LogP contribution is 2.28. The second-order valence-electron chi connectivity index (χ2n) is 4.50. The second kappa shape index (κ2) is 5.65. The molecule has 0 heterocycles. The molecule has 0 saturated heterocycles. The van der Waals surface area contributed by atoms with Crippen molar-refractivity contribution >= 4 is 11.6 Å². The Morgan fingerprint density at radius 1 is 1.38 bits per heavy atom. The molecule has 1 aliphatic rings. The molecule has 1 aromatic rings. The Bertz CT molecular complexity index is 350. The maximum Gasteiger partial charge on any atom is 0.127 e. The molecular weight excluding hydrogens is 225 g/mol. The number of nitrogens with one attached hydrogen (secondary N) is 1. The summed E-state index contributed by atoms with van der Waals surface area (Å²) in [6, 6.07) is 4.69. The molecule has 0 atom stereocenters. The van der Waals surface area contributed by atoms with E-state index < -0.39 is 0 Å². The lowest BCUT2D eigenvalue weighted by atomic mass is 9.83. The van der Waals surface area contributed by atoms with E-state index in [0.717, 1.165) is 12.5 Å². The van der Waals surface area contributed by atoms with Crippen molar-refractivity contribution in [3.05, 3.63) is 34.6 Å². The first-order chi connectivity index (χ1) is 7.75. The van der Waals surface area contributed by atoms with Gasteiger partial charge in [0.1, 0.15) is 5.82 Å². The van der Waals surface area contributed by atoms with E-state index in [9.17, 15) is 4.39 Å². The smallest absolute Gasteiger partial charge is 0.127 e. The fraction of sp³-hybridized carbons (Fsp3) is 0.538. The third-order valence-corrected chi connectivity index (χ3v) is 3.51. The summed E-state index contributed by atoms with van der Waals surface area (Å²) < 4.78 is 13.3. The summed E-state index contributed by atoms with van der Waals surface area (Å²) in [5.41, 5.74) is 0.654. The molecule has 1 nitrogen and oxygen atoms in total. The summed E-state index contributed by atoms with van der Waals surface area (Å²) in [6.07, 6.45) is 5.33. The first-order valence-corrected chi connectivity index (χ1v) is 6.28. The van der Waals surface area contributed by atoms with Gasteiger partial charge in [0, 0.05) is 17.1 Å². The summed E-state index contributed by atoms with van der Waals surface area (Å²) in [4.78, 5) is 0. The van der Waals surface area contributed by atoms with E-state index in [1.54, 1.807) is 12.1 Å². The van der Waals surface area contributed by atoms with Crippen LogP contribution >= 0.6 is 11.6 Å². The Morgan fingerprint density at radius 3 is 2.88 bits per heavy atom. The van der Waals surface area contributed by atoms with E-state index in [4.69, 9.17) is 11.6 Å². The van der Waals surface area contributed by atoms with E-state index in [2.05, 4.69) is 5.32 Å². The average molecular weight is 242 g/mol. The molecule has 0 amide bonds. The van der Waals surface area contributed by atoms with E-state index in [0.29, 0.717) is 17.1 Å². The van der Waals surface area contributed by atoms with Crippen molar-refractivity contribution in [2.24, 2.45) is 5.92 Å². The molecule has 1 aromatic carbocycles. The lowest BCUT2D eigenvalue weighted by Gasteiger charge is -2.25. The van der Waals surface area contributed by atoms with E-state index in [1.807, 2.05) is 0 Å². The SMILES string of the molecule is Fc1ccc(Cl)cc1CNCCC1CCC1. The van der Waals surface area contributed by atoms with Crippen molar-refractivity contribution in [1.82, 2.24) is 5.32 Å². The van der Waals surface area contributed by atoms with Crippen LogP contribution < -0.4 is 5.32 Å². The summed E-state index contributed by atoms with van der Waals surface area (Å²) >= 11 is 5.82. The molecule has 0 aliphatic heterocycles. The van der Waals surface area contributed by atoms with Gasteiger partial charge in [-0.1, -0.05) is 30.9 Å². The van der Waals surface area contributed by atoms with Crippen LogP contribution in [-0.2, 0) is 6.54 Å². The molecule has 88 valence electrons. The van der Waals surface area contributed by atoms with Gasteiger partial charge in [0.15, 0.2) is 0 Å². The van der Waals surface area contributed by atoms with Crippen LogP contribution in [0, 0.1) is 11.7 Å². The second-order valence-corrected chi connectivity index (χ2v) is 4.93. The lowest BCUT2D eigenvalue weighted by molar-refractivity contribution is 0.292. The summed E-state index contributed by atoms with van der Waals surface area (Å²) in [7, 11) is 0. The Labute approximate surface area is 101 Å². The highest BCUT2D eigenvalue weighted by molar-refractivity contribution is 6.30. The van der Waals surface area contributed by atoms with Crippen molar-refractivity contribution in [3.8, 4) is 0 Å². The largest absolute Gasteiger partial charge is 0.313 e. The van der Waals surface area contributed by atoms with Crippen molar-refractivity contribution in [3.63, 3.8) is 0 Å². The quantitative estimate of drug-likeness (QED) is 0.774. The Hall–Kier alpha value is -0.600. The number of hydrogen-bond donors (Lipinski definition) is 1. The van der Waals surface area contributed by atoms with Crippen LogP contribution in [0.5, 0.6) is 0 Å². The highest BCUT2D eigenvalue weighted by atomic mass is 35.5.